The number of fused-ring (bicyclic) bond motifs is 1. The number of nitrogens with one attached hydrogen (secondary N) is 2. The van der Waals surface area contributed by atoms with Crippen LogP contribution in [-0.2, 0) is 9.59 Å². The molecule has 0 saturated heterocycles. The van der Waals surface area contributed by atoms with E-state index in [1.807, 2.05) is 45.0 Å². The summed E-state index contributed by atoms with van der Waals surface area (Å²) < 4.78 is 13.3. The fourth-order valence-electron chi connectivity index (χ4n) is 5.74. The summed E-state index contributed by atoms with van der Waals surface area (Å²) in [7, 11) is 0. The Bertz CT molecular complexity index is 2090. The summed E-state index contributed by atoms with van der Waals surface area (Å²) in [5.74, 6) is -1.32. The van der Waals surface area contributed by atoms with Crippen molar-refractivity contribution in [3.05, 3.63) is 113 Å². The highest BCUT2D eigenvalue weighted by Gasteiger charge is 2.27. The molecule has 1 atom stereocenters. The van der Waals surface area contributed by atoms with Crippen LogP contribution in [0.3, 0.4) is 0 Å². The maximum absolute atomic E-state index is 13.9. The summed E-state index contributed by atoms with van der Waals surface area (Å²) in [6.45, 7) is 17.1. The van der Waals surface area contributed by atoms with E-state index in [2.05, 4.69) is 15.5 Å². The number of rotatable bonds is 11. The van der Waals surface area contributed by atoms with Crippen LogP contribution >= 0.6 is 0 Å². The first-order chi connectivity index (χ1) is 23.5. The van der Waals surface area contributed by atoms with Crippen LogP contribution in [0, 0.1) is 27.3 Å². The van der Waals surface area contributed by atoms with Crippen molar-refractivity contribution in [1.29, 1.82) is 0 Å². The van der Waals surface area contributed by atoms with Crippen LogP contribution in [0.4, 0.5) is 17.2 Å². The number of ether oxygens (including phenoxy) is 2. The molecule has 0 aliphatic heterocycles. The number of phenolic OH excluding ortho intramolecular Hbond substituents is 1. The van der Waals surface area contributed by atoms with Crippen LogP contribution in [0.5, 0.6) is 17.2 Å². The molecule has 10 nitrogen and oxygen atoms in total. The number of carbonyl (C=O) groups excluding carboxylic acids is 3. The second kappa shape index (κ2) is 14.8. The molecule has 1 heterocycles. The maximum atomic E-state index is 13.9. The zero-order chi connectivity index (χ0) is 35.2. The molecule has 0 fully saturated rings. The van der Waals surface area contributed by atoms with Gasteiger partial charge in [0.15, 0.2) is 6.10 Å². The zero-order valence-electron chi connectivity index (χ0n) is 28.1. The highest BCUT2D eigenvalue weighted by atomic mass is 16.5. The van der Waals surface area contributed by atoms with E-state index in [9.17, 15) is 19.5 Å². The second-order valence-corrected chi connectivity index (χ2v) is 11.9. The van der Waals surface area contributed by atoms with Gasteiger partial charge < -0.3 is 29.8 Å². The predicted octanol–water partition coefficient (Wildman–Crippen LogP) is 8.57. The van der Waals surface area contributed by atoms with Gasteiger partial charge in [-0.3, -0.25) is 14.4 Å². The van der Waals surface area contributed by atoms with Crippen molar-refractivity contribution in [3.63, 3.8) is 0 Å². The number of anilines is 2. The number of nitrogens with zero attached hydrogens (tertiary/aromatic N) is 2. The summed E-state index contributed by atoms with van der Waals surface area (Å²) in [5.41, 5.74) is 3.30. The Morgan fingerprint density at radius 1 is 0.939 bits per heavy atom. The van der Waals surface area contributed by atoms with Crippen molar-refractivity contribution >= 4 is 45.7 Å². The summed E-state index contributed by atoms with van der Waals surface area (Å²) in [6.07, 6.45) is 2.79. The Hall–Kier alpha value is -6.08. The van der Waals surface area contributed by atoms with Crippen LogP contribution in [0.15, 0.2) is 79.0 Å². The molecule has 0 radical (unpaired) electrons. The lowest BCUT2D eigenvalue weighted by Crippen LogP contribution is -2.33. The van der Waals surface area contributed by atoms with Crippen molar-refractivity contribution in [1.82, 2.24) is 4.57 Å². The maximum Gasteiger partial charge on any atom is 0.308 e. The van der Waals surface area contributed by atoms with Gasteiger partial charge in [0.25, 0.3) is 17.5 Å². The standard InChI is InChI=1S/C39H38N4O6/c1-7-8-17-32(49-31-19-18-23(2)20-25(31)4)39(47)41-30-22-43(27-14-10-9-11-15-27)37(35(30)40-6)42-38(46)29-21-33(48-26(5)44)34-24(3)13-12-16-28(34)36(29)45/h9-16,18-22,32,45H,7-8,17H2,1-5H3,(H,41,47)(H,42,46). The lowest BCUT2D eigenvalue weighted by Gasteiger charge is -2.20. The fraction of sp³-hybridized carbons (Fsp3) is 0.231. The predicted molar refractivity (Wildman–Crippen MR) is 190 cm³/mol. The molecule has 10 heteroatoms. The van der Waals surface area contributed by atoms with E-state index in [0.717, 1.165) is 29.5 Å². The summed E-state index contributed by atoms with van der Waals surface area (Å²) in [4.78, 5) is 43.4. The first-order valence-electron chi connectivity index (χ1n) is 16.0. The van der Waals surface area contributed by atoms with Gasteiger partial charge in [-0.05, 0) is 69.0 Å². The van der Waals surface area contributed by atoms with Gasteiger partial charge in [0.05, 0.1) is 17.8 Å². The third-order valence-electron chi connectivity index (χ3n) is 8.13. The van der Waals surface area contributed by atoms with Gasteiger partial charge in [-0.15, -0.1) is 0 Å². The summed E-state index contributed by atoms with van der Waals surface area (Å²) >= 11 is 0. The molecule has 0 aliphatic carbocycles. The first kappa shape index (κ1) is 34.3. The minimum atomic E-state index is -0.837. The number of para-hydroxylation sites is 1. The Morgan fingerprint density at radius 2 is 1.69 bits per heavy atom. The Morgan fingerprint density at radius 3 is 2.37 bits per heavy atom. The number of hydrogen-bond donors (Lipinski definition) is 3. The van der Waals surface area contributed by atoms with Gasteiger partial charge >= 0.3 is 5.97 Å². The molecule has 2 amide bonds. The van der Waals surface area contributed by atoms with Gasteiger partial charge in [0.1, 0.15) is 23.1 Å². The number of aromatic nitrogens is 1. The number of benzene rings is 4. The molecule has 1 unspecified atom stereocenters. The molecule has 250 valence electrons. The zero-order valence-corrected chi connectivity index (χ0v) is 28.1. The molecule has 49 heavy (non-hydrogen) atoms. The van der Waals surface area contributed by atoms with Gasteiger partial charge in [0.2, 0.25) is 0 Å². The molecule has 0 saturated carbocycles. The van der Waals surface area contributed by atoms with Crippen molar-refractivity contribution < 1.29 is 29.0 Å². The van der Waals surface area contributed by atoms with E-state index < -0.39 is 23.9 Å². The number of hydrogen-bond acceptors (Lipinski definition) is 6. The van der Waals surface area contributed by atoms with E-state index in [1.165, 1.54) is 13.0 Å². The third kappa shape index (κ3) is 7.41. The van der Waals surface area contributed by atoms with Crippen LogP contribution in [0.2, 0.25) is 0 Å². The number of amides is 2. The van der Waals surface area contributed by atoms with Gasteiger partial charge in [-0.1, -0.05) is 67.4 Å². The monoisotopic (exact) mass is 658 g/mol. The second-order valence-electron chi connectivity index (χ2n) is 11.9. The Balaban J connectivity index is 1.55. The molecule has 3 N–H and O–H groups in total. The molecule has 0 spiro atoms. The number of esters is 1. The fourth-order valence-corrected chi connectivity index (χ4v) is 5.74. The highest BCUT2D eigenvalue weighted by Crippen LogP contribution is 2.41. The number of carbonyl (C=O) groups is 3. The van der Waals surface area contributed by atoms with E-state index in [4.69, 9.17) is 16.0 Å². The van der Waals surface area contributed by atoms with Crippen molar-refractivity contribution in [2.45, 2.75) is 60.0 Å². The largest absolute Gasteiger partial charge is 0.506 e. The van der Waals surface area contributed by atoms with E-state index in [0.29, 0.717) is 28.6 Å². The van der Waals surface area contributed by atoms with Crippen LogP contribution in [0.25, 0.3) is 21.3 Å². The number of aryl methyl sites for hydroxylation is 3. The minimum absolute atomic E-state index is 0.0253. The summed E-state index contributed by atoms with van der Waals surface area (Å²) in [5, 5.41) is 17.7. The number of phenols is 1. The molecule has 4 aromatic carbocycles. The van der Waals surface area contributed by atoms with Crippen molar-refractivity contribution in [3.8, 4) is 22.9 Å². The van der Waals surface area contributed by atoms with Crippen LogP contribution in [-0.4, -0.2) is 33.6 Å². The van der Waals surface area contributed by atoms with Crippen molar-refractivity contribution in [2.24, 2.45) is 0 Å². The molecular formula is C39H38N4O6. The lowest BCUT2D eigenvalue weighted by atomic mass is 10.00. The van der Waals surface area contributed by atoms with Gasteiger partial charge in [-0.25, -0.2) is 4.85 Å². The van der Waals surface area contributed by atoms with Crippen LogP contribution in [0.1, 0.15) is 60.2 Å². The average molecular weight is 659 g/mol. The molecular weight excluding hydrogens is 620 g/mol. The molecule has 0 aliphatic rings. The van der Waals surface area contributed by atoms with E-state index in [-0.39, 0.29) is 34.3 Å². The molecule has 5 rings (SSSR count). The van der Waals surface area contributed by atoms with Gasteiger partial charge in [0, 0.05) is 29.6 Å². The highest BCUT2D eigenvalue weighted by molar-refractivity contribution is 6.13. The topological polar surface area (TPSA) is 123 Å². The molecule has 1 aromatic heterocycles. The minimum Gasteiger partial charge on any atom is -0.506 e. The average Bonchev–Trinajstić information content (AvgIpc) is 3.41. The smallest absolute Gasteiger partial charge is 0.308 e. The molecule has 0 bridgehead atoms. The molecule has 5 aromatic rings. The summed E-state index contributed by atoms with van der Waals surface area (Å²) in [6, 6.07) is 21.2. The Labute approximate surface area is 285 Å². The number of aromatic hydroxyl groups is 1. The van der Waals surface area contributed by atoms with Crippen LogP contribution < -0.4 is 20.1 Å². The van der Waals surface area contributed by atoms with E-state index in [1.54, 1.807) is 60.2 Å². The Kier molecular flexibility index (Phi) is 10.3. The number of unbranched alkanes of at least 4 members (excludes halogenated alkanes) is 1. The normalized spacial score (nSPS) is 11.4. The third-order valence-corrected chi connectivity index (χ3v) is 8.13. The first-order valence-corrected chi connectivity index (χ1v) is 16.0. The van der Waals surface area contributed by atoms with E-state index >= 15 is 0 Å². The quantitative estimate of drug-likeness (QED) is 0.0742. The SMILES string of the molecule is [C-]#[N+]c1c(NC(=O)C(CCCC)Oc2ccc(C)cc2C)cn(-c2ccccc2)c1NC(=O)c1cc(OC(C)=O)c2c(C)cccc2c1O. The van der Waals surface area contributed by atoms with Gasteiger partial charge in [-0.2, -0.15) is 0 Å². The van der Waals surface area contributed by atoms with Crippen molar-refractivity contribution in [2.75, 3.05) is 10.6 Å². The lowest BCUT2D eigenvalue weighted by molar-refractivity contribution is -0.131.